The maximum absolute atomic E-state index is 12.2. The van der Waals surface area contributed by atoms with E-state index in [1.165, 1.54) is 0 Å². The molecule has 1 fully saturated rings. The van der Waals surface area contributed by atoms with Gasteiger partial charge in [-0.3, -0.25) is 4.79 Å². The zero-order chi connectivity index (χ0) is 16.1. The minimum absolute atomic E-state index is 0.0132. The summed E-state index contributed by atoms with van der Waals surface area (Å²) in [5.41, 5.74) is 1.07. The van der Waals surface area contributed by atoms with E-state index in [9.17, 15) is 9.90 Å². The molecule has 1 saturated heterocycles. The van der Waals surface area contributed by atoms with Gasteiger partial charge in [0.05, 0.1) is 0 Å². The summed E-state index contributed by atoms with van der Waals surface area (Å²) in [5.74, 6) is 0.989. The van der Waals surface area contributed by atoms with Crippen LogP contribution in [0, 0.1) is 0 Å². The Morgan fingerprint density at radius 2 is 1.61 bits per heavy atom. The van der Waals surface area contributed by atoms with Gasteiger partial charge < -0.3 is 19.6 Å². The van der Waals surface area contributed by atoms with E-state index < -0.39 is 0 Å². The molecule has 3 rings (SSSR count). The SMILES string of the molecule is O=C(COc1ccccc1)N1CCN(c2ccc(O)cc2)CC1. The van der Waals surface area contributed by atoms with Gasteiger partial charge in [-0.2, -0.15) is 0 Å². The van der Waals surface area contributed by atoms with Crippen LogP contribution >= 0.6 is 0 Å². The first-order valence-electron chi connectivity index (χ1n) is 7.72. The summed E-state index contributed by atoms with van der Waals surface area (Å²) in [5, 5.41) is 9.34. The van der Waals surface area contributed by atoms with Crippen molar-refractivity contribution in [3.63, 3.8) is 0 Å². The number of carbonyl (C=O) groups excluding carboxylic acids is 1. The molecule has 0 bridgehead atoms. The minimum atomic E-state index is 0.0132. The van der Waals surface area contributed by atoms with E-state index in [4.69, 9.17) is 4.74 Å². The van der Waals surface area contributed by atoms with Crippen molar-refractivity contribution in [2.24, 2.45) is 0 Å². The van der Waals surface area contributed by atoms with Gasteiger partial charge in [-0.1, -0.05) is 18.2 Å². The molecule has 1 aliphatic rings. The van der Waals surface area contributed by atoms with Gasteiger partial charge in [0.15, 0.2) is 6.61 Å². The summed E-state index contributed by atoms with van der Waals surface area (Å²) >= 11 is 0. The Kier molecular flexibility index (Phi) is 4.66. The molecule has 2 aromatic rings. The Morgan fingerprint density at radius 1 is 0.957 bits per heavy atom. The Bertz CT molecular complexity index is 635. The Balaban J connectivity index is 1.48. The van der Waals surface area contributed by atoms with Gasteiger partial charge >= 0.3 is 0 Å². The third-order valence-corrected chi connectivity index (χ3v) is 3.95. The van der Waals surface area contributed by atoms with Crippen LogP contribution in [-0.2, 0) is 4.79 Å². The number of phenols is 1. The molecule has 0 unspecified atom stereocenters. The van der Waals surface area contributed by atoms with Crippen LogP contribution in [0.1, 0.15) is 0 Å². The van der Waals surface area contributed by atoms with Gasteiger partial charge in [0.25, 0.3) is 5.91 Å². The molecule has 0 spiro atoms. The minimum Gasteiger partial charge on any atom is -0.508 e. The topological polar surface area (TPSA) is 53.0 Å². The highest BCUT2D eigenvalue weighted by atomic mass is 16.5. The van der Waals surface area contributed by atoms with Gasteiger partial charge in [-0.25, -0.2) is 0 Å². The van der Waals surface area contributed by atoms with Gasteiger partial charge in [0.2, 0.25) is 0 Å². The van der Waals surface area contributed by atoms with Crippen molar-refractivity contribution < 1.29 is 14.6 Å². The molecule has 1 aliphatic heterocycles. The monoisotopic (exact) mass is 312 g/mol. The second-order valence-electron chi connectivity index (χ2n) is 5.49. The van der Waals surface area contributed by atoms with E-state index in [0.29, 0.717) is 18.8 Å². The second kappa shape index (κ2) is 7.05. The Morgan fingerprint density at radius 3 is 2.26 bits per heavy atom. The molecule has 0 aliphatic carbocycles. The third kappa shape index (κ3) is 3.94. The number of hydrogen-bond donors (Lipinski definition) is 1. The predicted octanol–water partition coefficient (Wildman–Crippen LogP) is 2.12. The Labute approximate surface area is 135 Å². The summed E-state index contributed by atoms with van der Waals surface area (Å²) in [6.45, 7) is 2.99. The van der Waals surface area contributed by atoms with Gasteiger partial charge in [0.1, 0.15) is 11.5 Å². The van der Waals surface area contributed by atoms with E-state index in [2.05, 4.69) is 4.90 Å². The molecule has 5 nitrogen and oxygen atoms in total. The highest BCUT2D eigenvalue weighted by molar-refractivity contribution is 5.78. The second-order valence-corrected chi connectivity index (χ2v) is 5.49. The number of piperazine rings is 1. The zero-order valence-corrected chi connectivity index (χ0v) is 12.9. The lowest BCUT2D eigenvalue weighted by Crippen LogP contribution is -2.50. The molecule has 1 heterocycles. The van der Waals surface area contributed by atoms with Gasteiger partial charge in [-0.05, 0) is 36.4 Å². The fraction of sp³-hybridized carbons (Fsp3) is 0.278. The Hall–Kier alpha value is -2.69. The number of benzene rings is 2. The standard InChI is InChI=1S/C18H20N2O3/c21-16-8-6-15(7-9-16)19-10-12-20(13-11-19)18(22)14-23-17-4-2-1-3-5-17/h1-9,21H,10-14H2. The van der Waals surface area contributed by atoms with Crippen molar-refractivity contribution in [3.05, 3.63) is 54.6 Å². The highest BCUT2D eigenvalue weighted by Crippen LogP contribution is 2.20. The molecule has 5 heteroatoms. The number of amides is 1. The third-order valence-electron chi connectivity index (χ3n) is 3.95. The molecular weight excluding hydrogens is 292 g/mol. The molecule has 1 amide bonds. The van der Waals surface area contributed by atoms with Gasteiger partial charge in [0, 0.05) is 31.9 Å². The lowest BCUT2D eigenvalue weighted by molar-refractivity contribution is -0.133. The van der Waals surface area contributed by atoms with E-state index in [-0.39, 0.29) is 18.3 Å². The first kappa shape index (κ1) is 15.2. The summed E-state index contributed by atoms with van der Waals surface area (Å²) < 4.78 is 5.51. The number of ether oxygens (including phenoxy) is 1. The lowest BCUT2D eigenvalue weighted by atomic mass is 10.2. The van der Waals surface area contributed by atoms with E-state index >= 15 is 0 Å². The number of aromatic hydroxyl groups is 1. The van der Waals surface area contributed by atoms with Crippen LogP contribution in [0.5, 0.6) is 11.5 Å². The number of phenolic OH excluding ortho intramolecular Hbond substituents is 1. The van der Waals surface area contributed by atoms with Crippen molar-refractivity contribution >= 4 is 11.6 Å². The van der Waals surface area contributed by atoms with Crippen molar-refractivity contribution in [1.29, 1.82) is 0 Å². The predicted molar refractivity (Wildman–Crippen MR) is 88.8 cm³/mol. The number of nitrogens with zero attached hydrogens (tertiary/aromatic N) is 2. The first-order chi connectivity index (χ1) is 11.2. The molecule has 1 N–H and O–H groups in total. The summed E-state index contributed by atoms with van der Waals surface area (Å²) in [6, 6.07) is 16.5. The molecular formula is C18H20N2O3. The van der Waals surface area contributed by atoms with Crippen molar-refractivity contribution in [3.8, 4) is 11.5 Å². The van der Waals surface area contributed by atoms with Crippen LogP contribution in [0.25, 0.3) is 0 Å². The van der Waals surface area contributed by atoms with E-state index in [1.54, 1.807) is 12.1 Å². The lowest BCUT2D eigenvalue weighted by Gasteiger charge is -2.36. The molecule has 120 valence electrons. The summed E-state index contributed by atoms with van der Waals surface area (Å²) in [4.78, 5) is 16.3. The number of rotatable bonds is 4. The number of anilines is 1. The van der Waals surface area contributed by atoms with Crippen LogP contribution in [-0.4, -0.2) is 48.7 Å². The molecule has 0 atom stereocenters. The number of hydrogen-bond acceptors (Lipinski definition) is 4. The normalized spacial score (nSPS) is 14.6. The molecule has 0 aromatic heterocycles. The van der Waals surface area contributed by atoms with Crippen LogP contribution in [0.3, 0.4) is 0 Å². The first-order valence-corrected chi connectivity index (χ1v) is 7.72. The van der Waals surface area contributed by atoms with Crippen molar-refractivity contribution in [1.82, 2.24) is 4.90 Å². The van der Waals surface area contributed by atoms with Crippen LogP contribution < -0.4 is 9.64 Å². The van der Waals surface area contributed by atoms with Crippen molar-refractivity contribution in [2.45, 2.75) is 0 Å². The van der Waals surface area contributed by atoms with Crippen molar-refractivity contribution in [2.75, 3.05) is 37.7 Å². The summed E-state index contributed by atoms with van der Waals surface area (Å²) in [6.07, 6.45) is 0. The van der Waals surface area contributed by atoms with E-state index in [0.717, 1.165) is 18.8 Å². The van der Waals surface area contributed by atoms with Crippen LogP contribution in [0.2, 0.25) is 0 Å². The number of para-hydroxylation sites is 1. The summed E-state index contributed by atoms with van der Waals surface area (Å²) in [7, 11) is 0. The molecule has 0 saturated carbocycles. The molecule has 23 heavy (non-hydrogen) atoms. The maximum atomic E-state index is 12.2. The largest absolute Gasteiger partial charge is 0.508 e. The highest BCUT2D eigenvalue weighted by Gasteiger charge is 2.21. The average molecular weight is 312 g/mol. The quantitative estimate of drug-likeness (QED) is 0.939. The van der Waals surface area contributed by atoms with Crippen LogP contribution in [0.4, 0.5) is 5.69 Å². The van der Waals surface area contributed by atoms with Gasteiger partial charge in [-0.15, -0.1) is 0 Å². The fourth-order valence-corrected chi connectivity index (χ4v) is 2.63. The maximum Gasteiger partial charge on any atom is 0.260 e. The molecule has 0 radical (unpaired) electrons. The number of carbonyl (C=O) groups is 1. The zero-order valence-electron chi connectivity index (χ0n) is 12.9. The average Bonchev–Trinajstić information content (AvgIpc) is 2.61. The van der Waals surface area contributed by atoms with Crippen LogP contribution in [0.15, 0.2) is 54.6 Å². The smallest absolute Gasteiger partial charge is 0.260 e. The fourth-order valence-electron chi connectivity index (χ4n) is 2.63. The van der Waals surface area contributed by atoms with E-state index in [1.807, 2.05) is 47.4 Å². The molecule has 2 aromatic carbocycles.